The quantitative estimate of drug-likeness (QED) is 0.785. The Morgan fingerprint density at radius 2 is 2.00 bits per heavy atom. The summed E-state index contributed by atoms with van der Waals surface area (Å²) in [5, 5.41) is 0.136. The average molecular weight is 340 g/mol. The summed E-state index contributed by atoms with van der Waals surface area (Å²) in [5.41, 5.74) is 6.26. The maximum Gasteiger partial charge on any atom is 0.119 e. The van der Waals surface area contributed by atoms with Crippen LogP contribution in [0.4, 0.5) is 0 Å². The van der Waals surface area contributed by atoms with E-state index in [1.54, 1.807) is 11.8 Å². The number of benzene rings is 1. The third-order valence-electron chi connectivity index (χ3n) is 2.99. The molecule has 0 saturated carbocycles. The van der Waals surface area contributed by atoms with Gasteiger partial charge in [-0.1, -0.05) is 19.1 Å². The van der Waals surface area contributed by atoms with E-state index in [1.807, 2.05) is 37.3 Å². The van der Waals surface area contributed by atoms with E-state index in [1.165, 1.54) is 4.90 Å². The van der Waals surface area contributed by atoms with Crippen molar-refractivity contribution >= 4 is 27.7 Å². The fourth-order valence-corrected chi connectivity index (χ4v) is 3.64. The van der Waals surface area contributed by atoms with E-state index in [0.29, 0.717) is 0 Å². The SMILES string of the molecule is CCC(N)C(Sc1ccccc1Br)c1ccc(C)o1. The number of thioether (sulfide) groups is 1. The lowest BCUT2D eigenvalue weighted by molar-refractivity contribution is 0.454. The van der Waals surface area contributed by atoms with E-state index in [9.17, 15) is 0 Å². The summed E-state index contributed by atoms with van der Waals surface area (Å²) in [6.45, 7) is 4.06. The monoisotopic (exact) mass is 339 g/mol. The molecule has 1 aromatic heterocycles. The number of hydrogen-bond donors (Lipinski definition) is 1. The third-order valence-corrected chi connectivity index (χ3v) is 5.39. The average Bonchev–Trinajstić information content (AvgIpc) is 2.83. The zero-order chi connectivity index (χ0) is 13.8. The van der Waals surface area contributed by atoms with E-state index in [4.69, 9.17) is 10.2 Å². The van der Waals surface area contributed by atoms with E-state index in [0.717, 1.165) is 22.4 Å². The number of hydrogen-bond acceptors (Lipinski definition) is 3. The molecule has 102 valence electrons. The fraction of sp³-hybridized carbons (Fsp3) is 0.333. The molecule has 2 rings (SSSR count). The first kappa shape index (κ1) is 14.7. The standard InChI is InChI=1S/C15H18BrNOS/c1-3-12(17)15(13-9-8-10(2)18-13)19-14-7-5-4-6-11(14)16/h4-9,12,15H,3,17H2,1-2H3. The van der Waals surface area contributed by atoms with Gasteiger partial charge in [-0.25, -0.2) is 0 Å². The summed E-state index contributed by atoms with van der Waals surface area (Å²) >= 11 is 5.33. The first-order valence-electron chi connectivity index (χ1n) is 6.35. The Morgan fingerprint density at radius 3 is 2.58 bits per heavy atom. The van der Waals surface area contributed by atoms with Gasteiger partial charge >= 0.3 is 0 Å². The maximum atomic E-state index is 6.26. The number of aryl methyl sites for hydroxylation is 1. The van der Waals surface area contributed by atoms with Crippen LogP contribution in [0.2, 0.25) is 0 Å². The van der Waals surface area contributed by atoms with E-state index in [-0.39, 0.29) is 11.3 Å². The van der Waals surface area contributed by atoms with Crippen molar-refractivity contribution in [2.45, 2.75) is 36.5 Å². The van der Waals surface area contributed by atoms with Crippen molar-refractivity contribution in [2.75, 3.05) is 0 Å². The summed E-state index contributed by atoms with van der Waals surface area (Å²) in [6.07, 6.45) is 0.919. The summed E-state index contributed by atoms with van der Waals surface area (Å²) in [4.78, 5) is 1.19. The second kappa shape index (κ2) is 6.64. The van der Waals surface area contributed by atoms with Gasteiger partial charge in [-0.15, -0.1) is 11.8 Å². The minimum Gasteiger partial charge on any atom is -0.465 e. The lowest BCUT2D eigenvalue weighted by atomic mass is 10.1. The van der Waals surface area contributed by atoms with Crippen molar-refractivity contribution in [3.8, 4) is 0 Å². The molecule has 0 aliphatic carbocycles. The molecule has 1 heterocycles. The molecule has 0 fully saturated rings. The van der Waals surface area contributed by atoms with Gasteiger partial charge in [-0.2, -0.15) is 0 Å². The largest absolute Gasteiger partial charge is 0.465 e. The second-order valence-corrected chi connectivity index (χ2v) is 6.53. The Kier molecular flexibility index (Phi) is 5.13. The first-order chi connectivity index (χ1) is 9.11. The van der Waals surface area contributed by atoms with Crippen LogP contribution in [0.15, 0.2) is 50.2 Å². The number of furan rings is 1. The molecule has 2 aromatic rings. The minimum absolute atomic E-state index is 0.0719. The molecule has 1 aromatic carbocycles. The highest BCUT2D eigenvalue weighted by atomic mass is 79.9. The Balaban J connectivity index is 2.27. The van der Waals surface area contributed by atoms with Gasteiger partial charge in [-0.05, 0) is 53.5 Å². The molecule has 2 N–H and O–H groups in total. The van der Waals surface area contributed by atoms with Crippen LogP contribution in [-0.4, -0.2) is 6.04 Å². The molecule has 2 atom stereocenters. The summed E-state index contributed by atoms with van der Waals surface area (Å²) in [6, 6.07) is 12.3. The highest BCUT2D eigenvalue weighted by molar-refractivity contribution is 9.10. The highest BCUT2D eigenvalue weighted by Crippen LogP contribution is 2.41. The number of rotatable bonds is 5. The second-order valence-electron chi connectivity index (χ2n) is 4.49. The van der Waals surface area contributed by atoms with Crippen molar-refractivity contribution in [2.24, 2.45) is 5.73 Å². The van der Waals surface area contributed by atoms with E-state index < -0.39 is 0 Å². The summed E-state index contributed by atoms with van der Waals surface area (Å²) in [5.74, 6) is 1.88. The van der Waals surface area contributed by atoms with Crippen LogP contribution < -0.4 is 5.73 Å². The van der Waals surface area contributed by atoms with Gasteiger partial charge in [0.2, 0.25) is 0 Å². The normalized spacial score (nSPS) is 14.3. The van der Waals surface area contributed by atoms with Crippen LogP contribution in [0.1, 0.15) is 30.1 Å². The van der Waals surface area contributed by atoms with E-state index >= 15 is 0 Å². The molecule has 4 heteroatoms. The van der Waals surface area contributed by atoms with E-state index in [2.05, 4.69) is 28.9 Å². The van der Waals surface area contributed by atoms with Crippen LogP contribution >= 0.6 is 27.7 Å². The van der Waals surface area contributed by atoms with Gasteiger partial charge < -0.3 is 10.2 Å². The van der Waals surface area contributed by atoms with Gasteiger partial charge in [0.1, 0.15) is 11.5 Å². The molecular formula is C15H18BrNOS. The molecule has 2 unspecified atom stereocenters. The molecule has 0 radical (unpaired) electrons. The van der Waals surface area contributed by atoms with Crippen LogP contribution in [0.5, 0.6) is 0 Å². The Hall–Kier alpha value is -0.710. The van der Waals surface area contributed by atoms with Crippen molar-refractivity contribution in [3.63, 3.8) is 0 Å². The van der Waals surface area contributed by atoms with Crippen LogP contribution in [-0.2, 0) is 0 Å². The molecule has 0 spiro atoms. The highest BCUT2D eigenvalue weighted by Gasteiger charge is 2.23. The molecule has 0 aliphatic heterocycles. The van der Waals surface area contributed by atoms with Gasteiger partial charge in [-0.3, -0.25) is 0 Å². The molecule has 0 bridgehead atoms. The Morgan fingerprint density at radius 1 is 1.26 bits per heavy atom. The minimum atomic E-state index is 0.0719. The molecule has 2 nitrogen and oxygen atoms in total. The lowest BCUT2D eigenvalue weighted by Crippen LogP contribution is -2.25. The van der Waals surface area contributed by atoms with Crippen molar-refractivity contribution in [1.29, 1.82) is 0 Å². The summed E-state index contributed by atoms with van der Waals surface area (Å²) in [7, 11) is 0. The summed E-state index contributed by atoms with van der Waals surface area (Å²) < 4.78 is 6.86. The Bertz CT molecular complexity index is 540. The van der Waals surface area contributed by atoms with Gasteiger partial charge in [0, 0.05) is 15.4 Å². The Labute approximate surface area is 126 Å². The molecule has 0 saturated heterocycles. The van der Waals surface area contributed by atoms with Crippen LogP contribution in [0, 0.1) is 6.92 Å². The van der Waals surface area contributed by atoms with Crippen molar-refractivity contribution < 1.29 is 4.42 Å². The zero-order valence-electron chi connectivity index (χ0n) is 11.1. The molecule has 19 heavy (non-hydrogen) atoms. The molecular weight excluding hydrogens is 322 g/mol. The van der Waals surface area contributed by atoms with Crippen molar-refractivity contribution in [3.05, 3.63) is 52.4 Å². The fourth-order valence-electron chi connectivity index (χ4n) is 1.85. The smallest absolute Gasteiger partial charge is 0.119 e. The number of halogens is 1. The van der Waals surface area contributed by atoms with Crippen LogP contribution in [0.25, 0.3) is 0 Å². The lowest BCUT2D eigenvalue weighted by Gasteiger charge is -2.21. The topological polar surface area (TPSA) is 39.2 Å². The predicted octanol–water partition coefficient (Wildman–Crippen LogP) is 4.92. The van der Waals surface area contributed by atoms with Gasteiger partial charge in [0.05, 0.1) is 5.25 Å². The van der Waals surface area contributed by atoms with Gasteiger partial charge in [0.15, 0.2) is 0 Å². The molecule has 0 aliphatic rings. The molecule has 0 amide bonds. The van der Waals surface area contributed by atoms with Crippen LogP contribution in [0.3, 0.4) is 0 Å². The maximum absolute atomic E-state index is 6.26. The third kappa shape index (κ3) is 3.65. The predicted molar refractivity (Wildman–Crippen MR) is 84.5 cm³/mol. The zero-order valence-corrected chi connectivity index (χ0v) is 13.5. The van der Waals surface area contributed by atoms with Gasteiger partial charge in [0.25, 0.3) is 0 Å². The first-order valence-corrected chi connectivity index (χ1v) is 8.02. The van der Waals surface area contributed by atoms with Crippen molar-refractivity contribution in [1.82, 2.24) is 0 Å². The number of nitrogens with two attached hydrogens (primary N) is 1.